The predicted octanol–water partition coefficient (Wildman–Crippen LogP) is 4.08. The number of ether oxygens (including phenoxy) is 1. The van der Waals surface area contributed by atoms with Gasteiger partial charge in [0.15, 0.2) is 5.65 Å². The first-order chi connectivity index (χ1) is 13.7. The van der Waals surface area contributed by atoms with Crippen LogP contribution in [0.4, 0.5) is 17.6 Å². The molecule has 3 heterocycles. The van der Waals surface area contributed by atoms with Gasteiger partial charge in [0.25, 0.3) is 5.91 Å². The smallest absolute Gasteiger partial charge is 0.427 e. The Morgan fingerprint density at radius 3 is 2.72 bits per heavy atom. The zero-order chi connectivity index (χ0) is 20.9. The van der Waals surface area contributed by atoms with Crippen molar-refractivity contribution < 1.29 is 27.1 Å². The number of benzene rings is 1. The maximum atomic E-state index is 13.3. The van der Waals surface area contributed by atoms with Crippen LogP contribution in [-0.2, 0) is 13.1 Å². The van der Waals surface area contributed by atoms with Gasteiger partial charge in [-0.1, -0.05) is 23.7 Å². The topological polar surface area (TPSA) is 59.7 Å². The maximum Gasteiger partial charge on any atom is 0.461 e. The van der Waals surface area contributed by atoms with E-state index in [1.54, 1.807) is 13.1 Å². The Labute approximate surface area is 166 Å². The number of amides is 1. The molecule has 0 saturated heterocycles. The highest BCUT2D eigenvalue weighted by atomic mass is 35.5. The first kappa shape index (κ1) is 19.4. The number of carbonyl (C=O) groups excluding carboxylic acids is 1. The first-order valence-corrected chi connectivity index (χ1v) is 8.81. The van der Waals surface area contributed by atoms with Gasteiger partial charge in [-0.15, -0.1) is 0 Å². The second kappa shape index (κ2) is 6.87. The van der Waals surface area contributed by atoms with Crippen molar-refractivity contribution in [2.45, 2.75) is 32.5 Å². The lowest BCUT2D eigenvalue weighted by molar-refractivity contribution is -0.253. The molecule has 0 atom stereocenters. The molecule has 0 radical (unpaired) electrons. The molecule has 0 unspecified atom stereocenters. The Kier molecular flexibility index (Phi) is 4.60. The van der Waals surface area contributed by atoms with Crippen molar-refractivity contribution in [3.8, 4) is 5.75 Å². The highest BCUT2D eigenvalue weighted by Gasteiger charge is 2.45. The van der Waals surface area contributed by atoms with Crippen molar-refractivity contribution in [1.29, 1.82) is 0 Å². The van der Waals surface area contributed by atoms with Crippen LogP contribution in [0.1, 0.15) is 27.3 Å². The largest absolute Gasteiger partial charge is 0.461 e. The third-order valence-electron chi connectivity index (χ3n) is 4.51. The van der Waals surface area contributed by atoms with Crippen LogP contribution in [0.25, 0.3) is 5.65 Å². The molecule has 0 spiro atoms. The van der Waals surface area contributed by atoms with E-state index in [1.165, 1.54) is 27.6 Å². The van der Waals surface area contributed by atoms with Gasteiger partial charge >= 0.3 is 12.5 Å². The summed E-state index contributed by atoms with van der Waals surface area (Å²) in [5.41, 5.74) is 2.17. The Balaban J connectivity index is 1.62. The van der Waals surface area contributed by atoms with Gasteiger partial charge in [-0.05, 0) is 19.1 Å². The average Bonchev–Trinajstić information content (AvgIpc) is 3.20. The van der Waals surface area contributed by atoms with E-state index in [1.807, 2.05) is 0 Å². The molecule has 6 nitrogen and oxygen atoms in total. The highest BCUT2D eigenvalue weighted by Crippen LogP contribution is 2.33. The molecule has 0 saturated carbocycles. The zero-order valence-electron chi connectivity index (χ0n) is 14.9. The molecule has 3 aromatic rings. The quantitative estimate of drug-likeness (QED) is 0.587. The molecule has 1 aliphatic heterocycles. The number of alkyl halides is 4. The third kappa shape index (κ3) is 3.37. The van der Waals surface area contributed by atoms with Crippen LogP contribution in [0, 0.1) is 6.92 Å². The number of rotatable bonds is 4. The summed E-state index contributed by atoms with van der Waals surface area (Å²) in [7, 11) is 0. The monoisotopic (exact) mass is 428 g/mol. The lowest BCUT2D eigenvalue weighted by Crippen LogP contribution is -2.34. The van der Waals surface area contributed by atoms with Gasteiger partial charge in [-0.2, -0.15) is 22.7 Å². The summed E-state index contributed by atoms with van der Waals surface area (Å²) < 4.78 is 57.3. The molecular weight excluding hydrogens is 416 g/mol. The fraction of sp³-hybridized carbons (Fsp3) is 0.278. The van der Waals surface area contributed by atoms with E-state index in [-0.39, 0.29) is 18.7 Å². The molecule has 0 N–H and O–H groups in total. The minimum atomic E-state index is -4.72. The average molecular weight is 429 g/mol. The van der Waals surface area contributed by atoms with Crippen LogP contribution in [0.5, 0.6) is 5.75 Å². The maximum absolute atomic E-state index is 13.3. The van der Waals surface area contributed by atoms with Crippen molar-refractivity contribution in [3.05, 3.63) is 58.0 Å². The molecular formula is C18H13ClF4N4O2. The summed E-state index contributed by atoms with van der Waals surface area (Å²) in [6.45, 7) is 1.97. The SMILES string of the molecule is Cc1nc2c3c(nn2cc1Cl)CN(C(=O)c1ccccc1OC(F)(F)C(F)F)C3. The van der Waals surface area contributed by atoms with Crippen molar-refractivity contribution in [3.63, 3.8) is 0 Å². The Hall–Kier alpha value is -2.88. The number of carbonyl (C=O) groups is 1. The summed E-state index contributed by atoms with van der Waals surface area (Å²) in [5.74, 6) is -1.27. The van der Waals surface area contributed by atoms with E-state index in [4.69, 9.17) is 11.6 Å². The minimum absolute atomic E-state index is 0.105. The zero-order valence-corrected chi connectivity index (χ0v) is 15.6. The van der Waals surface area contributed by atoms with Gasteiger partial charge < -0.3 is 9.64 Å². The number of hydrogen-bond donors (Lipinski definition) is 0. The van der Waals surface area contributed by atoms with Crippen LogP contribution in [0.15, 0.2) is 30.5 Å². The second-order valence-electron chi connectivity index (χ2n) is 6.49. The van der Waals surface area contributed by atoms with Gasteiger partial charge in [0.05, 0.1) is 41.3 Å². The minimum Gasteiger partial charge on any atom is -0.427 e. The molecule has 0 bridgehead atoms. The van der Waals surface area contributed by atoms with Crippen LogP contribution in [0.3, 0.4) is 0 Å². The molecule has 0 fully saturated rings. The Morgan fingerprint density at radius 2 is 2.00 bits per heavy atom. The van der Waals surface area contributed by atoms with Gasteiger partial charge in [-0.3, -0.25) is 4.79 Å². The van der Waals surface area contributed by atoms with Gasteiger partial charge in [0, 0.05) is 5.56 Å². The van der Waals surface area contributed by atoms with E-state index < -0.39 is 24.2 Å². The number of hydrogen-bond acceptors (Lipinski definition) is 4. The molecule has 152 valence electrons. The van der Waals surface area contributed by atoms with E-state index in [2.05, 4.69) is 14.8 Å². The summed E-state index contributed by atoms with van der Waals surface area (Å²) in [5, 5.41) is 4.79. The number of nitrogens with zero attached hydrogens (tertiary/aromatic N) is 4. The van der Waals surface area contributed by atoms with Crippen LogP contribution in [-0.4, -0.2) is 37.9 Å². The summed E-state index contributed by atoms with van der Waals surface area (Å²) in [6.07, 6.45) is -7.14. The normalized spacial score (nSPS) is 14.0. The van der Waals surface area contributed by atoms with E-state index >= 15 is 0 Å². The number of aromatic nitrogens is 3. The molecule has 1 amide bonds. The van der Waals surface area contributed by atoms with Crippen LogP contribution in [0.2, 0.25) is 5.02 Å². The second-order valence-corrected chi connectivity index (χ2v) is 6.90. The lowest BCUT2D eigenvalue weighted by Gasteiger charge is -2.21. The van der Waals surface area contributed by atoms with Gasteiger partial charge in [-0.25, -0.2) is 9.50 Å². The first-order valence-electron chi connectivity index (χ1n) is 8.44. The highest BCUT2D eigenvalue weighted by molar-refractivity contribution is 6.31. The van der Waals surface area contributed by atoms with Gasteiger partial charge in [0.1, 0.15) is 5.75 Å². The summed E-state index contributed by atoms with van der Waals surface area (Å²) >= 11 is 6.05. The predicted molar refractivity (Wildman–Crippen MR) is 94.3 cm³/mol. The Bertz CT molecular complexity index is 1120. The number of para-hydroxylation sites is 1. The van der Waals surface area contributed by atoms with Crippen molar-refractivity contribution in [2.75, 3.05) is 0 Å². The molecule has 4 rings (SSSR count). The fourth-order valence-electron chi connectivity index (χ4n) is 3.08. The van der Waals surface area contributed by atoms with Crippen molar-refractivity contribution in [1.82, 2.24) is 19.5 Å². The number of fused-ring (bicyclic) bond motifs is 3. The summed E-state index contributed by atoms with van der Waals surface area (Å²) in [4.78, 5) is 18.6. The van der Waals surface area contributed by atoms with Crippen molar-refractivity contribution in [2.24, 2.45) is 0 Å². The molecule has 11 heteroatoms. The molecule has 0 aliphatic carbocycles. The van der Waals surface area contributed by atoms with Gasteiger partial charge in [0.2, 0.25) is 0 Å². The number of halogens is 5. The molecule has 1 aliphatic rings. The standard InChI is InChI=1S/C18H13ClF4N4O2/c1-9-12(19)7-27-15(24-9)11-6-26(8-13(11)25-27)16(28)10-4-2-3-5-14(10)29-18(22,23)17(20)21/h2-5,7,17H,6,8H2,1H3. The Morgan fingerprint density at radius 1 is 1.28 bits per heavy atom. The van der Waals surface area contributed by atoms with E-state index in [0.717, 1.165) is 6.07 Å². The third-order valence-corrected chi connectivity index (χ3v) is 4.88. The molecule has 2 aromatic heterocycles. The summed E-state index contributed by atoms with van der Waals surface area (Å²) in [6, 6.07) is 5.03. The van der Waals surface area contributed by atoms with Crippen LogP contribution >= 0.6 is 11.6 Å². The van der Waals surface area contributed by atoms with Crippen LogP contribution < -0.4 is 4.74 Å². The van der Waals surface area contributed by atoms with Crippen molar-refractivity contribution >= 4 is 23.2 Å². The van der Waals surface area contributed by atoms with E-state index in [0.29, 0.717) is 27.6 Å². The van der Waals surface area contributed by atoms with E-state index in [9.17, 15) is 22.4 Å². The fourth-order valence-corrected chi connectivity index (χ4v) is 3.22. The molecule has 29 heavy (non-hydrogen) atoms. The lowest BCUT2D eigenvalue weighted by atomic mass is 10.1. The molecule has 1 aromatic carbocycles. The number of aryl methyl sites for hydroxylation is 1.